The van der Waals surface area contributed by atoms with E-state index in [1.54, 1.807) is 0 Å². The summed E-state index contributed by atoms with van der Waals surface area (Å²) < 4.78 is 29.7. The Hall–Kier alpha value is -1.72. The maximum Gasteiger partial charge on any atom is 0.318 e. The number of carboxylic acids is 1. The molecule has 2 saturated heterocycles. The van der Waals surface area contributed by atoms with E-state index >= 15 is 0 Å². The fourth-order valence-electron chi connectivity index (χ4n) is 2.89. The van der Waals surface area contributed by atoms with Gasteiger partial charge >= 0.3 is 5.97 Å². The number of nitrogens with zero attached hydrogens (tertiary/aromatic N) is 3. The van der Waals surface area contributed by atoms with Gasteiger partial charge in [0.2, 0.25) is 21.8 Å². The van der Waals surface area contributed by atoms with Crippen LogP contribution < -0.4 is 0 Å². The second-order valence-corrected chi connectivity index (χ2v) is 8.18. The van der Waals surface area contributed by atoms with E-state index in [-0.39, 0.29) is 38.1 Å². The highest BCUT2D eigenvalue weighted by molar-refractivity contribution is 7.88. The van der Waals surface area contributed by atoms with Crippen LogP contribution in [0.5, 0.6) is 0 Å². The van der Waals surface area contributed by atoms with E-state index in [1.165, 1.54) is 9.80 Å². The predicted octanol–water partition coefficient (Wildman–Crippen LogP) is -1.82. The Morgan fingerprint density at radius 1 is 1.36 bits per heavy atom. The molecule has 25 heavy (non-hydrogen) atoms. The van der Waals surface area contributed by atoms with Crippen LogP contribution in [0, 0.1) is 0 Å². The maximum atomic E-state index is 12.4. The van der Waals surface area contributed by atoms with Crippen molar-refractivity contribution in [1.82, 2.24) is 14.1 Å². The van der Waals surface area contributed by atoms with E-state index in [0.717, 1.165) is 17.0 Å². The first-order valence-electron chi connectivity index (χ1n) is 8.01. The highest BCUT2D eigenvalue weighted by Crippen LogP contribution is 2.13. The SMILES string of the molecule is CS(=O)(=O)N(CC(=O)O)C[C@H]1CN(C(=O)CN2CCCC2=O)CCO1. The third kappa shape index (κ3) is 5.65. The molecular formula is C14H23N3O7S. The summed E-state index contributed by atoms with van der Waals surface area (Å²) in [6, 6.07) is 0. The zero-order valence-electron chi connectivity index (χ0n) is 14.1. The van der Waals surface area contributed by atoms with E-state index in [2.05, 4.69) is 0 Å². The molecule has 2 aliphatic heterocycles. The lowest BCUT2D eigenvalue weighted by Crippen LogP contribution is -2.53. The average molecular weight is 377 g/mol. The molecule has 0 bridgehead atoms. The van der Waals surface area contributed by atoms with Crippen LogP contribution in [0.15, 0.2) is 0 Å². The maximum absolute atomic E-state index is 12.4. The average Bonchev–Trinajstić information content (AvgIpc) is 2.91. The molecule has 1 N–H and O–H groups in total. The van der Waals surface area contributed by atoms with Crippen molar-refractivity contribution in [2.45, 2.75) is 18.9 Å². The zero-order chi connectivity index (χ0) is 18.6. The van der Waals surface area contributed by atoms with Crippen molar-refractivity contribution < 1.29 is 32.6 Å². The molecular weight excluding hydrogens is 354 g/mol. The number of ether oxygens (including phenoxy) is 1. The summed E-state index contributed by atoms with van der Waals surface area (Å²) in [5.41, 5.74) is 0. The monoisotopic (exact) mass is 377 g/mol. The summed E-state index contributed by atoms with van der Waals surface area (Å²) in [6.45, 7) is 0.526. The second-order valence-electron chi connectivity index (χ2n) is 6.20. The predicted molar refractivity (Wildman–Crippen MR) is 86.2 cm³/mol. The lowest BCUT2D eigenvalue weighted by atomic mass is 10.2. The van der Waals surface area contributed by atoms with Crippen LogP contribution in [-0.4, -0.2) is 104 Å². The number of carboxylic acid groups (broad SMARTS) is 1. The molecule has 2 aliphatic rings. The number of carbonyl (C=O) groups excluding carboxylic acids is 2. The van der Waals surface area contributed by atoms with E-state index in [4.69, 9.17) is 9.84 Å². The largest absolute Gasteiger partial charge is 0.480 e. The number of aliphatic carboxylic acids is 1. The van der Waals surface area contributed by atoms with Gasteiger partial charge in [0.25, 0.3) is 0 Å². The van der Waals surface area contributed by atoms with E-state index in [1.807, 2.05) is 0 Å². The van der Waals surface area contributed by atoms with Crippen LogP contribution in [0.1, 0.15) is 12.8 Å². The minimum atomic E-state index is -3.71. The van der Waals surface area contributed by atoms with Crippen LogP contribution in [0.3, 0.4) is 0 Å². The molecule has 2 rings (SSSR count). The highest BCUT2D eigenvalue weighted by Gasteiger charge is 2.31. The normalized spacial score (nSPS) is 21.8. The van der Waals surface area contributed by atoms with Gasteiger partial charge in [-0.1, -0.05) is 0 Å². The lowest BCUT2D eigenvalue weighted by molar-refractivity contribution is -0.144. The molecule has 0 spiro atoms. The Balaban J connectivity index is 1.93. The van der Waals surface area contributed by atoms with Crippen LogP contribution >= 0.6 is 0 Å². The Bertz CT molecular complexity index is 636. The fraction of sp³-hybridized carbons (Fsp3) is 0.786. The Labute approximate surface area is 146 Å². The summed E-state index contributed by atoms with van der Waals surface area (Å²) in [6.07, 6.45) is 1.52. The van der Waals surface area contributed by atoms with Crippen molar-refractivity contribution in [3.8, 4) is 0 Å². The Morgan fingerprint density at radius 2 is 2.08 bits per heavy atom. The van der Waals surface area contributed by atoms with Gasteiger partial charge in [0.15, 0.2) is 0 Å². The number of amides is 2. The number of rotatable bonds is 7. The lowest BCUT2D eigenvalue weighted by Gasteiger charge is -2.35. The van der Waals surface area contributed by atoms with Crippen molar-refractivity contribution in [2.24, 2.45) is 0 Å². The van der Waals surface area contributed by atoms with Gasteiger partial charge < -0.3 is 19.6 Å². The molecule has 2 heterocycles. The summed E-state index contributed by atoms with van der Waals surface area (Å²) in [5, 5.41) is 8.85. The molecule has 10 nitrogen and oxygen atoms in total. The van der Waals surface area contributed by atoms with E-state index < -0.39 is 28.6 Å². The molecule has 2 fully saturated rings. The number of carbonyl (C=O) groups is 3. The fourth-order valence-corrected chi connectivity index (χ4v) is 3.67. The van der Waals surface area contributed by atoms with Crippen molar-refractivity contribution in [2.75, 3.05) is 52.1 Å². The van der Waals surface area contributed by atoms with Gasteiger partial charge in [0.05, 0.1) is 25.5 Å². The summed E-state index contributed by atoms with van der Waals surface area (Å²) >= 11 is 0. The van der Waals surface area contributed by atoms with Crippen LogP contribution in [0.2, 0.25) is 0 Å². The highest BCUT2D eigenvalue weighted by atomic mass is 32.2. The van der Waals surface area contributed by atoms with Crippen LogP contribution in [0.25, 0.3) is 0 Å². The van der Waals surface area contributed by atoms with Crippen LogP contribution in [-0.2, 0) is 29.1 Å². The van der Waals surface area contributed by atoms with Crippen molar-refractivity contribution in [1.29, 1.82) is 0 Å². The molecule has 0 unspecified atom stereocenters. The van der Waals surface area contributed by atoms with Gasteiger partial charge in [-0.05, 0) is 6.42 Å². The zero-order valence-corrected chi connectivity index (χ0v) is 14.9. The number of hydrogen-bond donors (Lipinski definition) is 1. The van der Waals surface area contributed by atoms with Gasteiger partial charge in [0, 0.05) is 32.6 Å². The quantitative estimate of drug-likeness (QED) is 0.554. The van der Waals surface area contributed by atoms with Gasteiger partial charge in [-0.25, -0.2) is 8.42 Å². The molecule has 0 radical (unpaired) electrons. The van der Waals surface area contributed by atoms with Gasteiger partial charge in [-0.15, -0.1) is 0 Å². The van der Waals surface area contributed by atoms with E-state index in [0.29, 0.717) is 19.5 Å². The minimum Gasteiger partial charge on any atom is -0.480 e. The van der Waals surface area contributed by atoms with Gasteiger partial charge in [0.1, 0.15) is 6.54 Å². The standard InChI is InChI=1S/C14H23N3O7S/c1-25(22,23)17(10-14(20)21)8-11-7-16(5-6-24-11)13(19)9-15-4-2-3-12(15)18/h11H,2-10H2,1H3,(H,20,21)/t11-/m1/s1. The molecule has 0 aromatic carbocycles. The first kappa shape index (κ1) is 19.6. The molecule has 0 aromatic heterocycles. The number of morpholine rings is 1. The Morgan fingerprint density at radius 3 is 2.64 bits per heavy atom. The third-order valence-electron chi connectivity index (χ3n) is 4.18. The molecule has 142 valence electrons. The van der Waals surface area contributed by atoms with E-state index in [9.17, 15) is 22.8 Å². The number of sulfonamides is 1. The summed E-state index contributed by atoms with van der Waals surface area (Å²) in [7, 11) is -3.71. The molecule has 0 saturated carbocycles. The second kappa shape index (κ2) is 8.11. The topological polar surface area (TPSA) is 125 Å². The van der Waals surface area contributed by atoms with Crippen molar-refractivity contribution in [3.05, 3.63) is 0 Å². The van der Waals surface area contributed by atoms with Gasteiger partial charge in [-0.3, -0.25) is 14.4 Å². The molecule has 0 aromatic rings. The Kier molecular flexibility index (Phi) is 6.36. The van der Waals surface area contributed by atoms with Crippen molar-refractivity contribution >= 4 is 27.8 Å². The van der Waals surface area contributed by atoms with Crippen LogP contribution in [0.4, 0.5) is 0 Å². The van der Waals surface area contributed by atoms with Gasteiger partial charge in [-0.2, -0.15) is 4.31 Å². The first-order valence-corrected chi connectivity index (χ1v) is 9.85. The van der Waals surface area contributed by atoms with Crippen molar-refractivity contribution in [3.63, 3.8) is 0 Å². The smallest absolute Gasteiger partial charge is 0.318 e. The molecule has 11 heteroatoms. The number of likely N-dealkylation sites (tertiary alicyclic amines) is 1. The molecule has 2 amide bonds. The first-order chi connectivity index (χ1) is 11.7. The third-order valence-corrected chi connectivity index (χ3v) is 5.39. The molecule has 0 aliphatic carbocycles. The molecule has 1 atom stereocenters. The summed E-state index contributed by atoms with van der Waals surface area (Å²) in [5.74, 6) is -1.52. The number of hydrogen-bond acceptors (Lipinski definition) is 6. The summed E-state index contributed by atoms with van der Waals surface area (Å²) in [4.78, 5) is 37.9. The minimum absolute atomic E-state index is 0.0104.